The maximum atomic E-state index is 12.6. The molecule has 1 saturated heterocycles. The normalized spacial score (nSPS) is 14.3. The average molecular weight is 468 g/mol. The first-order valence-corrected chi connectivity index (χ1v) is 12.9. The number of carbonyl (C=O) groups excluding carboxylic acids is 1. The van der Waals surface area contributed by atoms with Gasteiger partial charge in [-0.25, -0.2) is 4.98 Å². The van der Waals surface area contributed by atoms with Crippen molar-refractivity contribution in [3.63, 3.8) is 0 Å². The lowest BCUT2D eigenvalue weighted by Gasteiger charge is -2.26. The number of thioether (sulfide) groups is 1. The highest BCUT2D eigenvalue weighted by Crippen LogP contribution is 2.20. The number of carbonyl (C=O) groups is 1. The topological polar surface area (TPSA) is 54.5 Å². The zero-order valence-electron chi connectivity index (χ0n) is 18.6. The summed E-state index contributed by atoms with van der Waals surface area (Å²) >= 11 is 3.54. The van der Waals surface area contributed by atoms with Crippen molar-refractivity contribution in [2.75, 3.05) is 29.9 Å². The Bertz CT molecular complexity index is 1040. The van der Waals surface area contributed by atoms with Crippen LogP contribution in [-0.2, 0) is 24.4 Å². The standard InChI is InChI=1S/C25H29N3O2S2/c1-18-3-6-22(7-4-18)30-16-25-26-21(17-32-25)14-24(29)27-23-8-5-20(13-19(23)2)15-28-9-11-31-12-10-28/h3-8,13,17H,9-12,14-16H2,1-2H3,(H,27,29). The van der Waals surface area contributed by atoms with Crippen LogP contribution in [0, 0.1) is 13.8 Å². The first kappa shape index (κ1) is 22.8. The van der Waals surface area contributed by atoms with Crippen molar-refractivity contribution in [3.8, 4) is 5.75 Å². The number of nitrogens with one attached hydrogen (secondary N) is 1. The van der Waals surface area contributed by atoms with Crippen molar-refractivity contribution in [3.05, 3.63) is 75.2 Å². The number of thiazole rings is 1. The van der Waals surface area contributed by atoms with E-state index >= 15 is 0 Å². The zero-order chi connectivity index (χ0) is 22.3. The first-order valence-electron chi connectivity index (χ1n) is 10.9. The summed E-state index contributed by atoms with van der Waals surface area (Å²) in [4.78, 5) is 19.6. The molecular formula is C25H29N3O2S2. The quantitative estimate of drug-likeness (QED) is 0.501. The van der Waals surface area contributed by atoms with E-state index in [0.717, 1.165) is 47.3 Å². The Kier molecular flexibility index (Phi) is 7.84. The Balaban J connectivity index is 1.27. The highest BCUT2D eigenvalue weighted by Gasteiger charge is 2.13. The Morgan fingerprint density at radius 1 is 1.12 bits per heavy atom. The van der Waals surface area contributed by atoms with Crippen molar-refractivity contribution in [1.82, 2.24) is 9.88 Å². The average Bonchev–Trinajstić information content (AvgIpc) is 3.23. The number of anilines is 1. The fourth-order valence-corrected chi connectivity index (χ4v) is 5.30. The number of benzene rings is 2. The third kappa shape index (κ3) is 6.58. The van der Waals surface area contributed by atoms with Gasteiger partial charge in [0.05, 0.1) is 12.1 Å². The molecule has 1 fully saturated rings. The summed E-state index contributed by atoms with van der Waals surface area (Å²) in [6.45, 7) is 7.77. The largest absolute Gasteiger partial charge is 0.486 e. The molecule has 0 atom stereocenters. The second-order valence-corrected chi connectivity index (χ2v) is 10.3. The molecule has 1 aromatic heterocycles. The second kappa shape index (κ2) is 11.0. The minimum absolute atomic E-state index is 0.0507. The lowest BCUT2D eigenvalue weighted by Crippen LogP contribution is -2.31. The second-order valence-electron chi connectivity index (χ2n) is 8.10. The molecule has 32 heavy (non-hydrogen) atoms. The molecule has 0 spiro atoms. The van der Waals surface area contributed by atoms with Crippen molar-refractivity contribution in [1.29, 1.82) is 0 Å². The Hall–Kier alpha value is -2.35. The number of amides is 1. The number of hydrogen-bond acceptors (Lipinski definition) is 6. The molecule has 0 radical (unpaired) electrons. The van der Waals surface area contributed by atoms with Gasteiger partial charge in [0.25, 0.3) is 0 Å². The van der Waals surface area contributed by atoms with Crippen LogP contribution >= 0.6 is 23.1 Å². The van der Waals surface area contributed by atoms with Gasteiger partial charge >= 0.3 is 0 Å². The third-order valence-electron chi connectivity index (χ3n) is 5.40. The van der Waals surface area contributed by atoms with Gasteiger partial charge in [-0.15, -0.1) is 11.3 Å². The van der Waals surface area contributed by atoms with E-state index in [1.165, 1.54) is 34.0 Å². The molecule has 0 bridgehead atoms. The van der Waals surface area contributed by atoms with Crippen molar-refractivity contribution in [2.24, 2.45) is 0 Å². The summed E-state index contributed by atoms with van der Waals surface area (Å²) in [5.74, 6) is 3.20. The van der Waals surface area contributed by atoms with Crippen LogP contribution in [0.4, 0.5) is 5.69 Å². The summed E-state index contributed by atoms with van der Waals surface area (Å²) in [6, 6.07) is 14.3. The van der Waals surface area contributed by atoms with E-state index in [4.69, 9.17) is 4.74 Å². The van der Waals surface area contributed by atoms with Crippen molar-refractivity contribution >= 4 is 34.7 Å². The summed E-state index contributed by atoms with van der Waals surface area (Å²) in [7, 11) is 0. The van der Waals surface area contributed by atoms with E-state index in [1.54, 1.807) is 0 Å². The maximum Gasteiger partial charge on any atom is 0.230 e. The van der Waals surface area contributed by atoms with Crippen LogP contribution in [0.15, 0.2) is 47.8 Å². The van der Waals surface area contributed by atoms with Gasteiger partial charge in [-0.3, -0.25) is 9.69 Å². The fourth-order valence-electron chi connectivity index (χ4n) is 3.62. The predicted molar refractivity (Wildman–Crippen MR) is 134 cm³/mol. The van der Waals surface area contributed by atoms with E-state index < -0.39 is 0 Å². The van der Waals surface area contributed by atoms with E-state index in [9.17, 15) is 4.79 Å². The highest BCUT2D eigenvalue weighted by atomic mass is 32.2. The number of aryl methyl sites for hydroxylation is 2. The van der Waals surface area contributed by atoms with Crippen LogP contribution in [0.1, 0.15) is 27.4 Å². The van der Waals surface area contributed by atoms with Gasteiger partial charge in [0.2, 0.25) is 5.91 Å². The fraction of sp³-hybridized carbons (Fsp3) is 0.360. The number of aromatic nitrogens is 1. The number of rotatable bonds is 8. The van der Waals surface area contributed by atoms with Gasteiger partial charge in [-0.05, 0) is 43.2 Å². The summed E-state index contributed by atoms with van der Waals surface area (Å²) in [5.41, 5.74) is 5.22. The van der Waals surface area contributed by atoms with Gasteiger partial charge in [-0.1, -0.05) is 29.8 Å². The number of ether oxygens (including phenoxy) is 1. The smallest absolute Gasteiger partial charge is 0.230 e. The van der Waals surface area contributed by atoms with Gasteiger partial charge in [-0.2, -0.15) is 11.8 Å². The molecule has 0 aliphatic carbocycles. The number of hydrogen-bond donors (Lipinski definition) is 1. The monoisotopic (exact) mass is 467 g/mol. The predicted octanol–water partition coefficient (Wildman–Crippen LogP) is 5.07. The van der Waals surface area contributed by atoms with E-state index in [2.05, 4.69) is 34.3 Å². The molecule has 168 valence electrons. The lowest BCUT2D eigenvalue weighted by atomic mass is 10.1. The van der Waals surface area contributed by atoms with Crippen LogP contribution in [0.25, 0.3) is 0 Å². The molecule has 3 aromatic rings. The molecule has 1 aliphatic rings. The van der Waals surface area contributed by atoms with Crippen molar-refractivity contribution < 1.29 is 9.53 Å². The van der Waals surface area contributed by atoms with Gasteiger partial charge < -0.3 is 10.1 Å². The molecule has 1 N–H and O–H groups in total. The molecule has 2 aromatic carbocycles. The van der Waals surface area contributed by atoms with Crippen LogP contribution in [0.2, 0.25) is 0 Å². The van der Waals surface area contributed by atoms with Gasteiger partial charge in [0.1, 0.15) is 17.4 Å². The van der Waals surface area contributed by atoms with Crippen LogP contribution in [0.3, 0.4) is 0 Å². The Morgan fingerprint density at radius 3 is 2.66 bits per heavy atom. The summed E-state index contributed by atoms with van der Waals surface area (Å²) in [6.07, 6.45) is 0.258. The molecule has 0 unspecified atom stereocenters. The Labute approximate surface area is 198 Å². The lowest BCUT2D eigenvalue weighted by molar-refractivity contribution is -0.115. The summed E-state index contributed by atoms with van der Waals surface area (Å²) in [5, 5.41) is 5.84. The van der Waals surface area contributed by atoms with Gasteiger partial charge in [0, 0.05) is 42.2 Å². The molecule has 5 nitrogen and oxygen atoms in total. The minimum atomic E-state index is -0.0507. The number of nitrogens with zero attached hydrogens (tertiary/aromatic N) is 2. The third-order valence-corrected chi connectivity index (χ3v) is 7.21. The molecule has 4 rings (SSSR count). The maximum absolute atomic E-state index is 12.6. The minimum Gasteiger partial charge on any atom is -0.486 e. The molecule has 1 amide bonds. The van der Waals surface area contributed by atoms with Crippen LogP contribution in [0.5, 0.6) is 5.75 Å². The van der Waals surface area contributed by atoms with E-state index in [1.807, 2.05) is 54.4 Å². The molecular weight excluding hydrogens is 438 g/mol. The summed E-state index contributed by atoms with van der Waals surface area (Å²) < 4.78 is 5.79. The zero-order valence-corrected chi connectivity index (χ0v) is 20.2. The molecule has 2 heterocycles. The highest BCUT2D eigenvalue weighted by molar-refractivity contribution is 7.99. The van der Waals surface area contributed by atoms with Crippen LogP contribution in [-0.4, -0.2) is 40.4 Å². The first-order chi connectivity index (χ1) is 15.5. The van der Waals surface area contributed by atoms with E-state index in [0.29, 0.717) is 6.61 Å². The molecule has 1 aliphatic heterocycles. The SMILES string of the molecule is Cc1ccc(OCc2nc(CC(=O)Nc3ccc(CN4CCSCC4)cc3C)cs2)cc1. The van der Waals surface area contributed by atoms with Crippen molar-refractivity contribution in [2.45, 2.75) is 33.4 Å². The van der Waals surface area contributed by atoms with Crippen LogP contribution < -0.4 is 10.1 Å². The molecule has 7 heteroatoms. The Morgan fingerprint density at radius 2 is 1.91 bits per heavy atom. The molecule has 0 saturated carbocycles. The van der Waals surface area contributed by atoms with Gasteiger partial charge in [0.15, 0.2) is 0 Å². The van der Waals surface area contributed by atoms with E-state index in [-0.39, 0.29) is 12.3 Å².